The molecular formula is C11H23N3. The molecule has 0 spiro atoms. The van der Waals surface area contributed by atoms with Crippen LogP contribution in [0.1, 0.15) is 12.8 Å². The van der Waals surface area contributed by atoms with E-state index in [0.29, 0.717) is 0 Å². The molecule has 0 radical (unpaired) electrons. The molecule has 0 aromatic rings. The second-order valence-corrected chi connectivity index (χ2v) is 5.05. The van der Waals surface area contributed by atoms with Gasteiger partial charge in [0.1, 0.15) is 0 Å². The van der Waals surface area contributed by atoms with Crippen molar-refractivity contribution >= 4 is 0 Å². The van der Waals surface area contributed by atoms with Crippen LogP contribution in [0.2, 0.25) is 0 Å². The summed E-state index contributed by atoms with van der Waals surface area (Å²) in [7, 11) is 4.51. The Morgan fingerprint density at radius 3 is 2.71 bits per heavy atom. The third-order valence-corrected chi connectivity index (χ3v) is 4.15. The summed E-state index contributed by atoms with van der Waals surface area (Å²) in [4.78, 5) is 5.01. The minimum absolute atomic E-state index is 0.763. The van der Waals surface area contributed by atoms with E-state index in [2.05, 4.69) is 23.9 Å². The third kappa shape index (κ3) is 1.81. The van der Waals surface area contributed by atoms with Gasteiger partial charge in [-0.2, -0.15) is 0 Å². The summed E-state index contributed by atoms with van der Waals surface area (Å²) in [5.74, 6) is 1.58. The Morgan fingerprint density at radius 1 is 1.21 bits per heavy atom. The first-order chi connectivity index (χ1) is 6.72. The molecule has 0 bridgehead atoms. The Kier molecular flexibility index (Phi) is 3.10. The highest BCUT2D eigenvalue weighted by Gasteiger charge is 2.38. The zero-order valence-corrected chi connectivity index (χ0v) is 9.45. The maximum Gasteiger partial charge on any atom is 0.0148 e. The highest BCUT2D eigenvalue weighted by Crippen LogP contribution is 2.32. The van der Waals surface area contributed by atoms with Crippen molar-refractivity contribution in [2.24, 2.45) is 17.6 Å². The normalized spacial score (nSPS) is 40.9. The molecule has 3 heteroatoms. The summed E-state index contributed by atoms with van der Waals surface area (Å²) in [5, 5.41) is 0. The lowest BCUT2D eigenvalue weighted by Gasteiger charge is -2.48. The maximum atomic E-state index is 5.86. The molecule has 0 amide bonds. The fourth-order valence-corrected chi connectivity index (χ4v) is 3.19. The minimum atomic E-state index is 0.763. The number of nitrogens with two attached hydrogens (primary N) is 1. The van der Waals surface area contributed by atoms with Crippen LogP contribution in [0.15, 0.2) is 0 Å². The average molecular weight is 197 g/mol. The molecule has 3 atom stereocenters. The van der Waals surface area contributed by atoms with E-state index in [1.165, 1.54) is 32.5 Å². The van der Waals surface area contributed by atoms with Gasteiger partial charge < -0.3 is 15.5 Å². The van der Waals surface area contributed by atoms with Gasteiger partial charge in [0.2, 0.25) is 0 Å². The van der Waals surface area contributed by atoms with E-state index in [1.54, 1.807) is 0 Å². The van der Waals surface area contributed by atoms with Gasteiger partial charge in [-0.25, -0.2) is 0 Å². The highest BCUT2D eigenvalue weighted by atomic mass is 15.2. The molecule has 2 aliphatic heterocycles. The lowest BCUT2D eigenvalue weighted by Crippen LogP contribution is -2.56. The molecule has 0 aromatic carbocycles. The second-order valence-electron chi connectivity index (χ2n) is 5.05. The first kappa shape index (κ1) is 10.4. The van der Waals surface area contributed by atoms with Crippen molar-refractivity contribution in [3.05, 3.63) is 0 Å². The van der Waals surface area contributed by atoms with Gasteiger partial charge in [0.05, 0.1) is 0 Å². The fraction of sp³-hybridized carbons (Fsp3) is 1.00. The molecule has 2 aliphatic rings. The molecule has 3 nitrogen and oxygen atoms in total. The van der Waals surface area contributed by atoms with Crippen LogP contribution in [0.25, 0.3) is 0 Å². The highest BCUT2D eigenvalue weighted by molar-refractivity contribution is 4.93. The largest absolute Gasteiger partial charge is 0.330 e. The zero-order chi connectivity index (χ0) is 10.1. The predicted octanol–water partition coefficient (Wildman–Crippen LogP) is 0.217. The van der Waals surface area contributed by atoms with Crippen molar-refractivity contribution in [2.45, 2.75) is 18.9 Å². The van der Waals surface area contributed by atoms with Gasteiger partial charge in [0.15, 0.2) is 0 Å². The first-order valence-corrected chi connectivity index (χ1v) is 5.81. The molecule has 0 saturated carbocycles. The van der Waals surface area contributed by atoms with E-state index >= 15 is 0 Å². The molecule has 2 heterocycles. The predicted molar refractivity (Wildman–Crippen MR) is 59.2 cm³/mol. The van der Waals surface area contributed by atoms with Crippen LogP contribution in [0, 0.1) is 11.8 Å². The molecule has 14 heavy (non-hydrogen) atoms. The summed E-state index contributed by atoms with van der Waals surface area (Å²) in [5.41, 5.74) is 5.86. The van der Waals surface area contributed by atoms with Crippen molar-refractivity contribution in [1.29, 1.82) is 0 Å². The maximum absolute atomic E-state index is 5.86. The average Bonchev–Trinajstić information content (AvgIpc) is 2.18. The van der Waals surface area contributed by atoms with Crippen molar-refractivity contribution in [1.82, 2.24) is 9.80 Å². The van der Waals surface area contributed by atoms with Crippen molar-refractivity contribution in [3.8, 4) is 0 Å². The lowest BCUT2D eigenvalue weighted by molar-refractivity contribution is 0.0125. The van der Waals surface area contributed by atoms with E-state index in [1.807, 2.05) is 0 Å². The van der Waals surface area contributed by atoms with Gasteiger partial charge in [0.25, 0.3) is 0 Å². The summed E-state index contributed by atoms with van der Waals surface area (Å²) in [6.07, 6.45) is 2.62. The van der Waals surface area contributed by atoms with Crippen molar-refractivity contribution < 1.29 is 0 Å². The number of hydrogen-bond acceptors (Lipinski definition) is 3. The standard InChI is InChI=1S/C11H23N3/c1-13-5-4-11-10(8-13)9(7-12)3-6-14(11)2/h9-11H,3-8,12H2,1-2H3. The SMILES string of the molecule is CN1CCC2C(C1)C(CN)CCN2C. The van der Waals surface area contributed by atoms with Crippen LogP contribution in [-0.2, 0) is 0 Å². The van der Waals surface area contributed by atoms with Crippen molar-refractivity contribution in [3.63, 3.8) is 0 Å². The summed E-state index contributed by atoms with van der Waals surface area (Å²) < 4.78 is 0. The van der Waals surface area contributed by atoms with E-state index in [-0.39, 0.29) is 0 Å². The van der Waals surface area contributed by atoms with E-state index in [9.17, 15) is 0 Å². The van der Waals surface area contributed by atoms with Crippen LogP contribution < -0.4 is 5.73 Å². The van der Waals surface area contributed by atoms with Crippen LogP contribution in [0.5, 0.6) is 0 Å². The lowest BCUT2D eigenvalue weighted by atomic mass is 9.76. The molecule has 2 rings (SSSR count). The summed E-state index contributed by atoms with van der Waals surface area (Å²) in [6, 6.07) is 0.800. The van der Waals surface area contributed by atoms with Crippen LogP contribution in [-0.4, -0.2) is 56.1 Å². The number of hydrogen-bond donors (Lipinski definition) is 1. The van der Waals surface area contributed by atoms with Gasteiger partial charge in [-0.15, -0.1) is 0 Å². The summed E-state index contributed by atoms with van der Waals surface area (Å²) in [6.45, 7) is 4.62. The zero-order valence-electron chi connectivity index (χ0n) is 9.45. The number of rotatable bonds is 1. The monoisotopic (exact) mass is 197 g/mol. The molecular weight excluding hydrogens is 174 g/mol. The minimum Gasteiger partial charge on any atom is -0.330 e. The van der Waals surface area contributed by atoms with Crippen LogP contribution in [0.3, 0.4) is 0 Å². The first-order valence-electron chi connectivity index (χ1n) is 5.81. The van der Waals surface area contributed by atoms with Gasteiger partial charge in [-0.3, -0.25) is 0 Å². The quantitative estimate of drug-likeness (QED) is 0.652. The number of likely N-dealkylation sites (tertiary alicyclic amines) is 2. The number of piperidine rings is 2. The Balaban J connectivity index is 2.07. The number of fused-ring (bicyclic) bond motifs is 1. The van der Waals surface area contributed by atoms with E-state index in [4.69, 9.17) is 5.73 Å². The van der Waals surface area contributed by atoms with Crippen molar-refractivity contribution in [2.75, 3.05) is 40.3 Å². The molecule has 3 unspecified atom stereocenters. The van der Waals surface area contributed by atoms with Crippen LogP contribution >= 0.6 is 0 Å². The fourth-order valence-electron chi connectivity index (χ4n) is 3.19. The van der Waals surface area contributed by atoms with Gasteiger partial charge in [0, 0.05) is 12.6 Å². The van der Waals surface area contributed by atoms with E-state index in [0.717, 1.165) is 24.4 Å². The van der Waals surface area contributed by atoms with Gasteiger partial charge >= 0.3 is 0 Å². The molecule has 2 N–H and O–H groups in total. The van der Waals surface area contributed by atoms with Gasteiger partial charge in [-0.1, -0.05) is 0 Å². The molecule has 2 saturated heterocycles. The Morgan fingerprint density at radius 2 is 2.00 bits per heavy atom. The number of nitrogens with zero attached hydrogens (tertiary/aromatic N) is 2. The Bertz CT molecular complexity index is 195. The third-order valence-electron chi connectivity index (χ3n) is 4.15. The smallest absolute Gasteiger partial charge is 0.0148 e. The van der Waals surface area contributed by atoms with Crippen LogP contribution in [0.4, 0.5) is 0 Å². The molecule has 82 valence electrons. The van der Waals surface area contributed by atoms with Gasteiger partial charge in [-0.05, 0) is 58.4 Å². The molecule has 0 aliphatic carbocycles. The second kappa shape index (κ2) is 4.17. The summed E-state index contributed by atoms with van der Waals surface area (Å²) >= 11 is 0. The Hall–Kier alpha value is -0.120. The van der Waals surface area contributed by atoms with E-state index < -0.39 is 0 Å². The molecule has 0 aromatic heterocycles. The Labute approximate surface area is 87.2 Å². The topological polar surface area (TPSA) is 32.5 Å². The molecule has 2 fully saturated rings.